The smallest absolute Gasteiger partial charge is 0.409 e. The Morgan fingerprint density at radius 1 is 1.11 bits per heavy atom. The van der Waals surface area contributed by atoms with Gasteiger partial charge in [0.15, 0.2) is 5.78 Å². The summed E-state index contributed by atoms with van der Waals surface area (Å²) < 4.78 is 4.97. The first-order valence-electron chi connectivity index (χ1n) is 9.71. The van der Waals surface area contributed by atoms with Gasteiger partial charge in [-0.15, -0.1) is 11.3 Å². The molecule has 0 aromatic carbocycles. The van der Waals surface area contributed by atoms with Gasteiger partial charge < -0.3 is 15.0 Å². The predicted molar refractivity (Wildman–Crippen MR) is 107 cm³/mol. The Hall–Kier alpha value is -2.22. The molecule has 1 aromatic heterocycles. The molecule has 0 atom stereocenters. The monoisotopic (exact) mass is 408 g/mol. The SMILES string of the molecule is CCOC(=O)N1CCC(NC(=O)CCC(=O)CCC(=O)c2ccc(C)s2)CC1. The molecule has 8 heteroatoms. The van der Waals surface area contributed by atoms with Gasteiger partial charge in [0.05, 0.1) is 11.5 Å². The molecule has 28 heavy (non-hydrogen) atoms. The number of aryl methyl sites for hydroxylation is 1. The number of nitrogens with zero attached hydrogens (tertiary/aromatic N) is 1. The topological polar surface area (TPSA) is 92.8 Å². The maximum atomic E-state index is 12.1. The number of thiophene rings is 1. The average Bonchev–Trinajstić information content (AvgIpc) is 3.11. The third-order valence-corrected chi connectivity index (χ3v) is 5.70. The lowest BCUT2D eigenvalue weighted by atomic mass is 10.0. The van der Waals surface area contributed by atoms with Gasteiger partial charge in [0, 0.05) is 49.7 Å². The molecule has 0 spiro atoms. The lowest BCUT2D eigenvalue weighted by Gasteiger charge is -2.31. The summed E-state index contributed by atoms with van der Waals surface area (Å²) in [4.78, 5) is 51.1. The van der Waals surface area contributed by atoms with Crippen LogP contribution in [0, 0.1) is 6.92 Å². The summed E-state index contributed by atoms with van der Waals surface area (Å²) in [5.74, 6) is -0.263. The molecule has 0 saturated carbocycles. The molecule has 1 N–H and O–H groups in total. The van der Waals surface area contributed by atoms with E-state index < -0.39 is 0 Å². The number of ether oxygens (including phenoxy) is 1. The summed E-state index contributed by atoms with van der Waals surface area (Å²) in [5, 5.41) is 2.92. The number of piperidine rings is 1. The lowest BCUT2D eigenvalue weighted by Crippen LogP contribution is -2.46. The molecule has 2 amide bonds. The van der Waals surface area contributed by atoms with Crippen molar-refractivity contribution in [3.63, 3.8) is 0 Å². The van der Waals surface area contributed by atoms with Crippen LogP contribution in [0.2, 0.25) is 0 Å². The highest BCUT2D eigenvalue weighted by Crippen LogP contribution is 2.18. The first-order chi connectivity index (χ1) is 13.4. The zero-order valence-electron chi connectivity index (χ0n) is 16.5. The van der Waals surface area contributed by atoms with Gasteiger partial charge in [0.1, 0.15) is 5.78 Å². The molecule has 1 fully saturated rings. The highest BCUT2D eigenvalue weighted by Gasteiger charge is 2.24. The van der Waals surface area contributed by atoms with Gasteiger partial charge in [-0.1, -0.05) is 0 Å². The Morgan fingerprint density at radius 2 is 1.79 bits per heavy atom. The number of carbonyl (C=O) groups excluding carboxylic acids is 4. The number of rotatable bonds is 9. The average molecular weight is 409 g/mol. The van der Waals surface area contributed by atoms with E-state index in [1.807, 2.05) is 13.0 Å². The van der Waals surface area contributed by atoms with E-state index in [-0.39, 0.29) is 55.3 Å². The van der Waals surface area contributed by atoms with Gasteiger partial charge in [0.25, 0.3) is 0 Å². The maximum absolute atomic E-state index is 12.1. The summed E-state index contributed by atoms with van der Waals surface area (Å²) in [6, 6.07) is 3.69. The molecule has 1 aromatic rings. The summed E-state index contributed by atoms with van der Waals surface area (Å²) in [6.45, 7) is 5.15. The van der Waals surface area contributed by atoms with E-state index in [1.54, 1.807) is 17.9 Å². The van der Waals surface area contributed by atoms with E-state index in [9.17, 15) is 19.2 Å². The van der Waals surface area contributed by atoms with Crippen LogP contribution in [0.1, 0.15) is 60.0 Å². The quantitative estimate of drug-likeness (QED) is 0.634. The number of ketones is 2. The van der Waals surface area contributed by atoms with Crippen LogP contribution in [-0.2, 0) is 14.3 Å². The third kappa shape index (κ3) is 7.07. The van der Waals surface area contributed by atoms with E-state index in [2.05, 4.69) is 5.32 Å². The summed E-state index contributed by atoms with van der Waals surface area (Å²) in [7, 11) is 0. The van der Waals surface area contributed by atoms with Gasteiger partial charge >= 0.3 is 6.09 Å². The van der Waals surface area contributed by atoms with E-state index >= 15 is 0 Å². The van der Waals surface area contributed by atoms with Crippen LogP contribution < -0.4 is 5.32 Å². The molecule has 1 saturated heterocycles. The van der Waals surface area contributed by atoms with Crippen molar-refractivity contribution >= 4 is 34.9 Å². The van der Waals surface area contributed by atoms with Crippen LogP contribution in [0.25, 0.3) is 0 Å². The fraction of sp³-hybridized carbons (Fsp3) is 0.600. The number of Topliss-reactive ketones (excluding diaryl/α,β-unsaturated/α-hetero) is 2. The van der Waals surface area contributed by atoms with Crippen molar-refractivity contribution in [3.8, 4) is 0 Å². The molecule has 7 nitrogen and oxygen atoms in total. The second-order valence-electron chi connectivity index (χ2n) is 6.90. The minimum absolute atomic E-state index is 0.0110. The van der Waals surface area contributed by atoms with Gasteiger partial charge in [-0.2, -0.15) is 0 Å². The van der Waals surface area contributed by atoms with Crippen LogP contribution in [0.4, 0.5) is 4.79 Å². The standard InChI is InChI=1S/C20H28N2O5S/c1-3-27-20(26)22-12-10-15(11-13-22)21-19(25)9-6-16(23)5-7-17(24)18-8-4-14(2)28-18/h4,8,15H,3,5-7,9-13H2,1-2H3,(H,21,25). The Morgan fingerprint density at radius 3 is 2.39 bits per heavy atom. The van der Waals surface area contributed by atoms with Gasteiger partial charge in [-0.25, -0.2) is 4.79 Å². The van der Waals surface area contributed by atoms with Crippen molar-refractivity contribution in [1.82, 2.24) is 10.2 Å². The van der Waals surface area contributed by atoms with Crippen LogP contribution in [0.3, 0.4) is 0 Å². The van der Waals surface area contributed by atoms with Crippen molar-refractivity contribution in [2.45, 2.75) is 58.4 Å². The molecule has 0 radical (unpaired) electrons. The fourth-order valence-corrected chi connectivity index (χ4v) is 3.89. The molecule has 0 aliphatic carbocycles. The first kappa shape index (κ1) is 22.1. The number of hydrogen-bond donors (Lipinski definition) is 1. The summed E-state index contributed by atoms with van der Waals surface area (Å²) in [6.07, 6.45) is 1.66. The fourth-order valence-electron chi connectivity index (χ4n) is 3.06. The Kier molecular flexibility index (Phi) is 8.63. The number of nitrogens with one attached hydrogen (secondary N) is 1. The highest BCUT2D eigenvalue weighted by molar-refractivity contribution is 7.14. The molecule has 0 bridgehead atoms. The van der Waals surface area contributed by atoms with Crippen molar-refractivity contribution in [1.29, 1.82) is 0 Å². The number of likely N-dealkylation sites (tertiary alicyclic amines) is 1. The van der Waals surface area contributed by atoms with Crippen LogP contribution in [-0.4, -0.2) is 54.2 Å². The number of hydrogen-bond acceptors (Lipinski definition) is 6. The zero-order chi connectivity index (χ0) is 20.5. The maximum Gasteiger partial charge on any atom is 0.409 e. The highest BCUT2D eigenvalue weighted by atomic mass is 32.1. The molecule has 1 aliphatic heterocycles. The van der Waals surface area contributed by atoms with Crippen molar-refractivity contribution in [2.24, 2.45) is 0 Å². The van der Waals surface area contributed by atoms with Crippen LogP contribution in [0.15, 0.2) is 12.1 Å². The van der Waals surface area contributed by atoms with Crippen molar-refractivity contribution < 1.29 is 23.9 Å². The minimum atomic E-state index is -0.315. The van der Waals surface area contributed by atoms with E-state index in [0.717, 1.165) is 4.88 Å². The summed E-state index contributed by atoms with van der Waals surface area (Å²) >= 11 is 1.43. The summed E-state index contributed by atoms with van der Waals surface area (Å²) in [5.41, 5.74) is 0. The van der Waals surface area contributed by atoms with Crippen LogP contribution >= 0.6 is 11.3 Å². The largest absolute Gasteiger partial charge is 0.450 e. The number of amides is 2. The second kappa shape index (κ2) is 10.9. The molecule has 0 unspecified atom stereocenters. The van der Waals surface area contributed by atoms with Crippen molar-refractivity contribution in [2.75, 3.05) is 19.7 Å². The Bertz CT molecular complexity index is 707. The molecule has 2 heterocycles. The van der Waals surface area contributed by atoms with Crippen molar-refractivity contribution in [3.05, 3.63) is 21.9 Å². The molecule has 2 rings (SSSR count). The number of carbonyl (C=O) groups is 4. The molecule has 154 valence electrons. The Labute approximate surface area is 169 Å². The molecule has 1 aliphatic rings. The first-order valence-corrected chi connectivity index (χ1v) is 10.5. The predicted octanol–water partition coefficient (Wildman–Crippen LogP) is 3.11. The molecular formula is C20H28N2O5S. The normalized spacial score (nSPS) is 14.6. The zero-order valence-corrected chi connectivity index (χ0v) is 17.3. The van der Waals surface area contributed by atoms with E-state index in [4.69, 9.17) is 4.74 Å². The third-order valence-electron chi connectivity index (χ3n) is 4.66. The molecular weight excluding hydrogens is 380 g/mol. The lowest BCUT2D eigenvalue weighted by molar-refractivity contribution is -0.126. The Balaban J connectivity index is 1.61. The van der Waals surface area contributed by atoms with Gasteiger partial charge in [0.2, 0.25) is 5.91 Å². The minimum Gasteiger partial charge on any atom is -0.450 e. The van der Waals surface area contributed by atoms with Gasteiger partial charge in [-0.3, -0.25) is 14.4 Å². The van der Waals surface area contributed by atoms with Crippen LogP contribution in [0.5, 0.6) is 0 Å². The van der Waals surface area contributed by atoms with E-state index in [0.29, 0.717) is 37.4 Å². The van der Waals surface area contributed by atoms with E-state index in [1.165, 1.54) is 11.3 Å². The van der Waals surface area contributed by atoms with Gasteiger partial charge in [-0.05, 0) is 38.8 Å². The second-order valence-corrected chi connectivity index (χ2v) is 8.19.